The van der Waals surface area contributed by atoms with Crippen molar-refractivity contribution in [3.63, 3.8) is 0 Å². The molecule has 0 fully saturated rings. The van der Waals surface area contributed by atoms with Crippen LogP contribution in [0.1, 0.15) is 5.56 Å². The molecule has 2 aromatic carbocycles. The molecule has 0 N–H and O–H groups in total. The van der Waals surface area contributed by atoms with Crippen LogP contribution in [0.4, 0.5) is 0 Å². The van der Waals surface area contributed by atoms with Gasteiger partial charge in [0, 0.05) is 11.5 Å². The summed E-state index contributed by atoms with van der Waals surface area (Å²) in [4.78, 5) is 11.8. The molecule has 0 aliphatic heterocycles. The molecule has 0 aliphatic carbocycles. The number of para-hydroxylation sites is 1. The van der Waals surface area contributed by atoms with Crippen molar-refractivity contribution < 1.29 is 9.15 Å². The van der Waals surface area contributed by atoms with Gasteiger partial charge < -0.3 is 9.15 Å². The van der Waals surface area contributed by atoms with E-state index in [0.717, 1.165) is 27.8 Å². The number of ether oxygens (including phenoxy) is 1. The van der Waals surface area contributed by atoms with Crippen LogP contribution in [-0.2, 0) is 0 Å². The van der Waals surface area contributed by atoms with Crippen LogP contribution in [0, 0.1) is 6.92 Å². The van der Waals surface area contributed by atoms with Gasteiger partial charge in [0.25, 0.3) is 0 Å². The second kappa shape index (κ2) is 4.85. The predicted molar refractivity (Wildman–Crippen MR) is 79.2 cm³/mol. The number of aryl methyl sites for hydroxylation is 1. The monoisotopic (exact) mass is 266 g/mol. The van der Waals surface area contributed by atoms with Crippen LogP contribution >= 0.6 is 0 Å². The Morgan fingerprint density at radius 2 is 1.80 bits per heavy atom. The van der Waals surface area contributed by atoms with Crippen LogP contribution in [-0.4, -0.2) is 7.11 Å². The first kappa shape index (κ1) is 12.5. The molecular formula is C17H14O3. The summed E-state index contributed by atoms with van der Waals surface area (Å²) < 4.78 is 10.5. The maximum absolute atomic E-state index is 11.8. The molecule has 0 radical (unpaired) electrons. The first-order chi connectivity index (χ1) is 9.69. The third kappa shape index (κ3) is 2.07. The summed E-state index contributed by atoms with van der Waals surface area (Å²) in [6.45, 7) is 1.93. The van der Waals surface area contributed by atoms with Gasteiger partial charge >= 0.3 is 5.63 Å². The van der Waals surface area contributed by atoms with Crippen LogP contribution in [0.25, 0.3) is 22.1 Å². The molecule has 20 heavy (non-hydrogen) atoms. The molecule has 0 aliphatic rings. The van der Waals surface area contributed by atoms with Crippen LogP contribution in [0.15, 0.2) is 57.7 Å². The fourth-order valence-electron chi connectivity index (χ4n) is 2.34. The Bertz CT molecular complexity index is 814. The van der Waals surface area contributed by atoms with Gasteiger partial charge in [0.1, 0.15) is 11.3 Å². The van der Waals surface area contributed by atoms with Gasteiger partial charge in [0.2, 0.25) is 0 Å². The van der Waals surface area contributed by atoms with Gasteiger partial charge in [0.05, 0.1) is 7.11 Å². The van der Waals surface area contributed by atoms with E-state index in [0.29, 0.717) is 5.58 Å². The Labute approximate surface area is 116 Å². The van der Waals surface area contributed by atoms with Gasteiger partial charge in [-0.2, -0.15) is 0 Å². The summed E-state index contributed by atoms with van der Waals surface area (Å²) in [5.74, 6) is 0.789. The van der Waals surface area contributed by atoms with E-state index in [2.05, 4.69) is 0 Å². The normalized spacial score (nSPS) is 10.7. The third-order valence-electron chi connectivity index (χ3n) is 3.37. The zero-order valence-corrected chi connectivity index (χ0v) is 11.3. The Morgan fingerprint density at radius 1 is 1.05 bits per heavy atom. The largest absolute Gasteiger partial charge is 0.497 e. The maximum atomic E-state index is 11.8. The molecule has 0 amide bonds. The molecule has 0 spiro atoms. The van der Waals surface area contributed by atoms with E-state index in [1.54, 1.807) is 7.11 Å². The smallest absolute Gasteiger partial charge is 0.336 e. The molecule has 3 nitrogen and oxygen atoms in total. The van der Waals surface area contributed by atoms with Crippen molar-refractivity contribution in [1.29, 1.82) is 0 Å². The molecule has 0 unspecified atom stereocenters. The molecule has 1 heterocycles. The van der Waals surface area contributed by atoms with E-state index >= 15 is 0 Å². The van der Waals surface area contributed by atoms with E-state index in [-0.39, 0.29) is 5.63 Å². The number of rotatable bonds is 2. The molecule has 0 atom stereocenters. The summed E-state index contributed by atoms with van der Waals surface area (Å²) in [5, 5.41) is 0.940. The molecule has 3 heteroatoms. The average molecular weight is 266 g/mol. The van der Waals surface area contributed by atoms with E-state index in [4.69, 9.17) is 9.15 Å². The molecule has 0 saturated carbocycles. The van der Waals surface area contributed by atoms with Crippen molar-refractivity contribution >= 4 is 11.0 Å². The summed E-state index contributed by atoms with van der Waals surface area (Å²) >= 11 is 0. The standard InChI is InChI=1S/C17H14O3/c1-11-4-3-5-14-15(10-16(18)20-17(11)14)12-6-8-13(19-2)9-7-12/h3-10H,1-2H3. The fourth-order valence-corrected chi connectivity index (χ4v) is 2.34. The van der Waals surface area contributed by atoms with Crippen molar-refractivity contribution in [3.05, 3.63) is 64.5 Å². The quantitative estimate of drug-likeness (QED) is 0.663. The lowest BCUT2D eigenvalue weighted by Gasteiger charge is -2.08. The highest BCUT2D eigenvalue weighted by Crippen LogP contribution is 2.29. The molecule has 3 aromatic rings. The van der Waals surface area contributed by atoms with Crippen molar-refractivity contribution in [1.82, 2.24) is 0 Å². The van der Waals surface area contributed by atoms with Crippen LogP contribution in [0.2, 0.25) is 0 Å². The van der Waals surface area contributed by atoms with Crippen molar-refractivity contribution in [3.8, 4) is 16.9 Å². The van der Waals surface area contributed by atoms with Gasteiger partial charge in [-0.3, -0.25) is 0 Å². The Kier molecular flexibility index (Phi) is 3.03. The summed E-state index contributed by atoms with van der Waals surface area (Å²) in [7, 11) is 1.63. The van der Waals surface area contributed by atoms with Gasteiger partial charge in [-0.05, 0) is 35.7 Å². The van der Waals surface area contributed by atoms with E-state index in [1.807, 2.05) is 49.4 Å². The Balaban J connectivity index is 2.29. The summed E-state index contributed by atoms with van der Waals surface area (Å²) in [6, 6.07) is 15.0. The van der Waals surface area contributed by atoms with Crippen LogP contribution < -0.4 is 10.4 Å². The van der Waals surface area contributed by atoms with Crippen molar-refractivity contribution in [2.24, 2.45) is 0 Å². The minimum atomic E-state index is -0.336. The van der Waals surface area contributed by atoms with Crippen molar-refractivity contribution in [2.75, 3.05) is 7.11 Å². The predicted octanol–water partition coefficient (Wildman–Crippen LogP) is 3.78. The second-order valence-corrected chi connectivity index (χ2v) is 4.66. The lowest BCUT2D eigenvalue weighted by molar-refractivity contribution is 0.415. The number of hydrogen-bond acceptors (Lipinski definition) is 3. The van der Waals surface area contributed by atoms with Crippen LogP contribution in [0.3, 0.4) is 0 Å². The minimum absolute atomic E-state index is 0.336. The average Bonchev–Trinajstić information content (AvgIpc) is 2.48. The lowest BCUT2D eigenvalue weighted by Crippen LogP contribution is -1.99. The first-order valence-corrected chi connectivity index (χ1v) is 6.37. The van der Waals surface area contributed by atoms with E-state index in [9.17, 15) is 4.79 Å². The van der Waals surface area contributed by atoms with E-state index < -0.39 is 0 Å². The highest BCUT2D eigenvalue weighted by molar-refractivity contribution is 5.94. The van der Waals surface area contributed by atoms with Gasteiger partial charge in [0.15, 0.2) is 0 Å². The highest BCUT2D eigenvalue weighted by Gasteiger charge is 2.09. The SMILES string of the molecule is COc1ccc(-c2cc(=O)oc3c(C)cccc23)cc1. The van der Waals surface area contributed by atoms with Crippen molar-refractivity contribution in [2.45, 2.75) is 6.92 Å². The zero-order valence-electron chi connectivity index (χ0n) is 11.3. The van der Waals surface area contributed by atoms with Crippen LogP contribution in [0.5, 0.6) is 5.75 Å². The fraction of sp³-hybridized carbons (Fsp3) is 0.118. The number of fused-ring (bicyclic) bond motifs is 1. The molecular weight excluding hydrogens is 252 g/mol. The summed E-state index contributed by atoms with van der Waals surface area (Å²) in [5.41, 5.74) is 3.11. The van der Waals surface area contributed by atoms with E-state index in [1.165, 1.54) is 6.07 Å². The molecule has 1 aromatic heterocycles. The highest BCUT2D eigenvalue weighted by atomic mass is 16.5. The molecule has 0 saturated heterocycles. The first-order valence-electron chi connectivity index (χ1n) is 6.37. The van der Waals surface area contributed by atoms with Gasteiger partial charge in [-0.1, -0.05) is 30.3 Å². The second-order valence-electron chi connectivity index (χ2n) is 4.66. The zero-order chi connectivity index (χ0) is 14.1. The molecule has 100 valence electrons. The number of methoxy groups -OCH3 is 1. The van der Waals surface area contributed by atoms with Gasteiger partial charge in [-0.15, -0.1) is 0 Å². The maximum Gasteiger partial charge on any atom is 0.336 e. The molecule has 3 rings (SSSR count). The topological polar surface area (TPSA) is 39.4 Å². The lowest BCUT2D eigenvalue weighted by atomic mass is 10.0. The number of benzene rings is 2. The minimum Gasteiger partial charge on any atom is -0.497 e. The Morgan fingerprint density at radius 3 is 2.50 bits per heavy atom. The molecule has 0 bridgehead atoms. The number of hydrogen-bond donors (Lipinski definition) is 0. The van der Waals surface area contributed by atoms with Gasteiger partial charge in [-0.25, -0.2) is 4.79 Å². The third-order valence-corrected chi connectivity index (χ3v) is 3.37. The Hall–Kier alpha value is -2.55. The summed E-state index contributed by atoms with van der Waals surface area (Å²) in [6.07, 6.45) is 0.